The van der Waals surface area contributed by atoms with Gasteiger partial charge < -0.3 is 15.0 Å². The summed E-state index contributed by atoms with van der Waals surface area (Å²) in [4.78, 5) is 1.82. The highest BCUT2D eigenvalue weighted by atomic mass is 19.4. The number of nitrogens with one attached hydrogen (secondary N) is 1. The van der Waals surface area contributed by atoms with Crippen LogP contribution >= 0.6 is 0 Å². The Bertz CT molecular complexity index is 637. The summed E-state index contributed by atoms with van der Waals surface area (Å²) in [6.07, 6.45) is -2.74. The maximum absolute atomic E-state index is 13.7. The number of fused-ring (bicyclic) bond motifs is 3. The Labute approximate surface area is 147 Å². The smallest absolute Gasteiger partial charge is 0.418 e. The lowest BCUT2D eigenvalue weighted by Crippen LogP contribution is -2.42. The molecule has 0 aromatic heterocycles. The van der Waals surface area contributed by atoms with Gasteiger partial charge in [0.15, 0.2) is 0 Å². The largest absolute Gasteiger partial charge is 0.494 e. The van der Waals surface area contributed by atoms with Crippen molar-refractivity contribution in [2.24, 2.45) is 5.41 Å². The first-order valence-corrected chi connectivity index (χ1v) is 8.89. The number of halogens is 3. The Hall–Kier alpha value is -1.43. The van der Waals surface area contributed by atoms with Crippen molar-refractivity contribution in [3.63, 3.8) is 0 Å². The number of nitrogens with zero attached hydrogens (tertiary/aromatic N) is 1. The Morgan fingerprint density at radius 2 is 1.96 bits per heavy atom. The van der Waals surface area contributed by atoms with Gasteiger partial charge in [-0.15, -0.1) is 0 Å². The van der Waals surface area contributed by atoms with Crippen LogP contribution in [0.3, 0.4) is 0 Å². The van der Waals surface area contributed by atoms with Gasteiger partial charge in [-0.3, -0.25) is 0 Å². The fourth-order valence-corrected chi connectivity index (χ4v) is 3.87. The number of likely N-dealkylation sites (N-methyl/N-ethyl adjacent to an activating group) is 1. The highest BCUT2D eigenvalue weighted by Crippen LogP contribution is 2.50. The molecule has 3 rings (SSSR count). The second-order valence-electron chi connectivity index (χ2n) is 8.34. The highest BCUT2D eigenvalue weighted by molar-refractivity contribution is 5.69. The average molecular weight is 356 g/mol. The molecular formula is C19H27F3N2O. The van der Waals surface area contributed by atoms with Crippen LogP contribution in [0.25, 0.3) is 0 Å². The first-order valence-electron chi connectivity index (χ1n) is 8.89. The Kier molecular flexibility index (Phi) is 4.69. The van der Waals surface area contributed by atoms with Gasteiger partial charge in [-0.2, -0.15) is 13.2 Å². The molecule has 0 bridgehead atoms. The van der Waals surface area contributed by atoms with Crippen LogP contribution in [-0.2, 0) is 6.18 Å². The van der Waals surface area contributed by atoms with E-state index in [1.165, 1.54) is 6.07 Å². The molecule has 140 valence electrons. The van der Waals surface area contributed by atoms with E-state index < -0.39 is 11.7 Å². The third-order valence-electron chi connectivity index (χ3n) is 5.23. The molecule has 0 radical (unpaired) electrons. The van der Waals surface area contributed by atoms with Crippen molar-refractivity contribution < 1.29 is 17.9 Å². The lowest BCUT2D eigenvalue weighted by atomic mass is 9.89. The van der Waals surface area contributed by atoms with E-state index in [4.69, 9.17) is 4.74 Å². The van der Waals surface area contributed by atoms with Gasteiger partial charge in [0.25, 0.3) is 0 Å². The number of anilines is 1. The molecule has 25 heavy (non-hydrogen) atoms. The van der Waals surface area contributed by atoms with Crippen molar-refractivity contribution in [1.29, 1.82) is 0 Å². The quantitative estimate of drug-likeness (QED) is 0.868. The van der Waals surface area contributed by atoms with Crippen molar-refractivity contribution in [1.82, 2.24) is 5.32 Å². The molecule has 2 aliphatic heterocycles. The van der Waals surface area contributed by atoms with E-state index in [2.05, 4.69) is 26.1 Å². The second kappa shape index (κ2) is 6.38. The minimum absolute atomic E-state index is 0.0843. The van der Waals surface area contributed by atoms with Crippen LogP contribution in [-0.4, -0.2) is 32.8 Å². The number of piperidine rings is 1. The SMILES string of the molecule is CN1c2c(cc(OCCC(C)(C)C)cc2C(F)(F)F)[C@@H]2CNCC[C@@H]21. The van der Waals surface area contributed by atoms with E-state index >= 15 is 0 Å². The number of hydrogen-bond donors (Lipinski definition) is 1. The number of rotatable bonds is 3. The molecule has 1 saturated heterocycles. The molecule has 1 aromatic rings. The van der Waals surface area contributed by atoms with Crippen molar-refractivity contribution in [3.8, 4) is 5.75 Å². The Morgan fingerprint density at radius 3 is 2.60 bits per heavy atom. The first-order chi connectivity index (χ1) is 11.6. The van der Waals surface area contributed by atoms with E-state index in [1.807, 2.05) is 11.0 Å². The van der Waals surface area contributed by atoms with Crippen LogP contribution in [0, 0.1) is 5.41 Å². The third-order valence-corrected chi connectivity index (χ3v) is 5.23. The molecule has 3 nitrogen and oxygen atoms in total. The summed E-state index contributed by atoms with van der Waals surface area (Å²) in [7, 11) is 1.78. The molecule has 2 heterocycles. The number of ether oxygens (including phenoxy) is 1. The summed E-state index contributed by atoms with van der Waals surface area (Å²) in [6, 6.07) is 3.12. The summed E-state index contributed by atoms with van der Waals surface area (Å²) in [6.45, 7) is 8.25. The third kappa shape index (κ3) is 3.73. The maximum Gasteiger partial charge on any atom is 0.418 e. The zero-order valence-electron chi connectivity index (χ0n) is 15.3. The molecule has 2 atom stereocenters. The monoisotopic (exact) mass is 356 g/mol. The fraction of sp³-hybridized carbons (Fsp3) is 0.684. The highest BCUT2D eigenvalue weighted by Gasteiger charge is 2.45. The van der Waals surface area contributed by atoms with Gasteiger partial charge in [-0.05, 0) is 42.5 Å². The zero-order valence-corrected chi connectivity index (χ0v) is 15.3. The first kappa shape index (κ1) is 18.4. The van der Waals surface area contributed by atoms with Crippen LogP contribution < -0.4 is 15.0 Å². The normalized spacial score (nSPS) is 23.4. The minimum atomic E-state index is -4.39. The molecule has 2 aliphatic rings. The van der Waals surface area contributed by atoms with Crippen molar-refractivity contribution in [3.05, 3.63) is 23.3 Å². The van der Waals surface area contributed by atoms with Gasteiger partial charge in [0, 0.05) is 25.6 Å². The van der Waals surface area contributed by atoms with Gasteiger partial charge in [0.1, 0.15) is 5.75 Å². The lowest BCUT2D eigenvalue weighted by molar-refractivity contribution is -0.137. The van der Waals surface area contributed by atoms with E-state index in [9.17, 15) is 13.2 Å². The van der Waals surface area contributed by atoms with Crippen molar-refractivity contribution >= 4 is 5.69 Å². The topological polar surface area (TPSA) is 24.5 Å². The second-order valence-corrected chi connectivity index (χ2v) is 8.34. The molecular weight excluding hydrogens is 329 g/mol. The van der Waals surface area contributed by atoms with Crippen molar-refractivity contribution in [2.45, 2.75) is 51.7 Å². The molecule has 6 heteroatoms. The van der Waals surface area contributed by atoms with Gasteiger partial charge in [0.2, 0.25) is 0 Å². The lowest BCUT2D eigenvalue weighted by Gasteiger charge is -2.31. The van der Waals surface area contributed by atoms with Gasteiger partial charge in [-0.25, -0.2) is 0 Å². The minimum Gasteiger partial charge on any atom is -0.494 e. The zero-order chi connectivity index (χ0) is 18.4. The van der Waals surface area contributed by atoms with E-state index in [1.54, 1.807) is 7.05 Å². The summed E-state index contributed by atoms with van der Waals surface area (Å²) in [5.41, 5.74) is 0.602. The van der Waals surface area contributed by atoms with Crippen LogP contribution in [0.15, 0.2) is 12.1 Å². The van der Waals surface area contributed by atoms with Crippen LogP contribution in [0.2, 0.25) is 0 Å². The number of alkyl halides is 3. The average Bonchev–Trinajstić information content (AvgIpc) is 2.78. The number of benzene rings is 1. The fourth-order valence-electron chi connectivity index (χ4n) is 3.87. The van der Waals surface area contributed by atoms with Crippen LogP contribution in [0.1, 0.15) is 50.7 Å². The predicted molar refractivity (Wildman–Crippen MR) is 93.4 cm³/mol. The van der Waals surface area contributed by atoms with Crippen LogP contribution in [0.4, 0.5) is 18.9 Å². The molecule has 0 saturated carbocycles. The molecule has 1 N–H and O–H groups in total. The molecule has 0 aliphatic carbocycles. The Morgan fingerprint density at radius 1 is 1.24 bits per heavy atom. The molecule has 0 amide bonds. The van der Waals surface area contributed by atoms with E-state index in [0.29, 0.717) is 24.6 Å². The van der Waals surface area contributed by atoms with Crippen molar-refractivity contribution in [2.75, 3.05) is 31.6 Å². The summed E-state index contributed by atoms with van der Waals surface area (Å²) < 4.78 is 46.8. The molecule has 1 aromatic carbocycles. The summed E-state index contributed by atoms with van der Waals surface area (Å²) in [5, 5.41) is 3.31. The number of hydrogen-bond acceptors (Lipinski definition) is 3. The summed E-state index contributed by atoms with van der Waals surface area (Å²) >= 11 is 0. The van der Waals surface area contributed by atoms with E-state index in [-0.39, 0.29) is 17.4 Å². The van der Waals surface area contributed by atoms with Gasteiger partial charge in [-0.1, -0.05) is 20.8 Å². The standard InChI is InChI=1S/C19H27F3N2O/c1-18(2,3)6-8-25-12-9-13-14-11-23-7-5-16(14)24(4)17(13)15(10-12)19(20,21)22/h9-10,14,16,23H,5-8,11H2,1-4H3/t14-,16-/m0/s1. The summed E-state index contributed by atoms with van der Waals surface area (Å²) in [5.74, 6) is 0.413. The van der Waals surface area contributed by atoms with Gasteiger partial charge >= 0.3 is 6.18 Å². The molecule has 0 spiro atoms. The molecule has 1 fully saturated rings. The van der Waals surface area contributed by atoms with Crippen LogP contribution in [0.5, 0.6) is 5.75 Å². The maximum atomic E-state index is 13.7. The predicted octanol–water partition coefficient (Wildman–Crippen LogP) is 4.42. The van der Waals surface area contributed by atoms with Gasteiger partial charge in [0.05, 0.1) is 17.9 Å². The van der Waals surface area contributed by atoms with E-state index in [0.717, 1.165) is 24.9 Å². The Balaban J connectivity index is 1.95. The molecule has 0 unspecified atom stereocenters.